The quantitative estimate of drug-likeness (QED) is 0.0196. The van der Waals surface area contributed by atoms with Gasteiger partial charge >= 0.3 is 27.6 Å². The van der Waals surface area contributed by atoms with Gasteiger partial charge in [0.2, 0.25) is 0 Å². The van der Waals surface area contributed by atoms with Crippen molar-refractivity contribution in [3.05, 3.63) is 60.8 Å². The molecule has 0 saturated carbocycles. The molecule has 13 nitrogen and oxygen atoms in total. The molecule has 4 N–H and O–H groups in total. The minimum Gasteiger partial charge on any atom is -0.462 e. The lowest BCUT2D eigenvalue weighted by atomic mass is 10.0. The Bertz CT molecular complexity index is 1280. The third kappa shape index (κ3) is 43.7. The second kappa shape index (κ2) is 39.9. The zero-order valence-electron chi connectivity index (χ0n) is 36.1. The fourth-order valence-electron chi connectivity index (χ4n) is 5.57. The summed E-state index contributed by atoms with van der Waals surface area (Å²) >= 11 is 0. The highest BCUT2D eigenvalue weighted by Crippen LogP contribution is 2.43. The Hall–Kier alpha value is -2.18. The number of allylic oxidation sites excluding steroid dienone is 10. The normalized spacial score (nSPS) is 14.6. The highest BCUT2D eigenvalue weighted by atomic mass is 31.2. The Morgan fingerprint density at radius 3 is 1.42 bits per heavy atom. The number of hydrogen-bond donors (Lipinski definition) is 4. The van der Waals surface area contributed by atoms with Gasteiger partial charge < -0.3 is 29.3 Å². The van der Waals surface area contributed by atoms with Crippen LogP contribution in [0, 0.1) is 0 Å². The van der Waals surface area contributed by atoms with Crippen molar-refractivity contribution >= 4 is 27.6 Å². The van der Waals surface area contributed by atoms with Crippen molar-refractivity contribution in [2.75, 3.05) is 26.4 Å². The molecule has 0 saturated heterocycles. The van der Waals surface area contributed by atoms with E-state index in [-0.39, 0.29) is 12.8 Å². The Labute approximate surface area is 355 Å². The van der Waals surface area contributed by atoms with Gasteiger partial charge in [-0.1, -0.05) is 164 Å². The van der Waals surface area contributed by atoms with E-state index < -0.39 is 66.2 Å². The predicted octanol–water partition coefficient (Wildman–Crippen LogP) is 11.2. The molecule has 0 aromatic carbocycles. The van der Waals surface area contributed by atoms with E-state index in [0.717, 1.165) is 51.4 Å². The Morgan fingerprint density at radius 2 is 0.915 bits per heavy atom. The summed E-state index contributed by atoms with van der Waals surface area (Å²) in [5.74, 6) is -1.13. The van der Waals surface area contributed by atoms with Gasteiger partial charge in [-0.25, -0.2) is 9.13 Å². The first kappa shape index (κ1) is 56.8. The van der Waals surface area contributed by atoms with Crippen LogP contribution < -0.4 is 0 Å². The number of rotatable bonds is 41. The number of aliphatic hydroxyl groups is 1. The Morgan fingerprint density at radius 1 is 0.492 bits per heavy atom. The minimum atomic E-state index is -4.87. The van der Waals surface area contributed by atoms with Gasteiger partial charge in [0.25, 0.3) is 0 Å². The fraction of sp³-hybridized carbons (Fsp3) is 0.727. The average molecular weight is 877 g/mol. The van der Waals surface area contributed by atoms with Crippen LogP contribution in [0.2, 0.25) is 0 Å². The molecule has 342 valence electrons. The average Bonchev–Trinajstić information content (AvgIpc) is 3.19. The van der Waals surface area contributed by atoms with Gasteiger partial charge in [0.05, 0.1) is 19.8 Å². The molecule has 0 aliphatic rings. The van der Waals surface area contributed by atoms with Gasteiger partial charge in [0.15, 0.2) is 6.10 Å². The number of aliphatic hydroxyl groups excluding tert-OH is 1. The van der Waals surface area contributed by atoms with Crippen molar-refractivity contribution in [3.63, 3.8) is 0 Å². The highest BCUT2D eigenvalue weighted by molar-refractivity contribution is 7.47. The van der Waals surface area contributed by atoms with E-state index >= 15 is 0 Å². The molecule has 0 aliphatic heterocycles. The van der Waals surface area contributed by atoms with Gasteiger partial charge in [0.1, 0.15) is 12.7 Å². The Balaban J connectivity index is 4.62. The number of carbonyl (C=O) groups excluding carboxylic acids is 2. The van der Waals surface area contributed by atoms with Gasteiger partial charge in [-0.05, 0) is 51.4 Å². The zero-order chi connectivity index (χ0) is 43.7. The van der Waals surface area contributed by atoms with Crippen LogP contribution in [-0.2, 0) is 41.8 Å². The maximum atomic E-state index is 12.6. The molecule has 0 aromatic heterocycles. The SMILES string of the molecule is CCCCC/C=C\C/C=C\C/C=C\C/C=C\C/C=C\CCC(=O)OC[C@H](COP(=O)(O)OC[C@@H](O)COP(=O)(O)O)OC(=O)CCCCCCCCCCCCCCC. The first-order valence-corrected chi connectivity index (χ1v) is 25.0. The summed E-state index contributed by atoms with van der Waals surface area (Å²) in [5.41, 5.74) is 0. The van der Waals surface area contributed by atoms with Crippen LogP contribution in [0.5, 0.6) is 0 Å². The van der Waals surface area contributed by atoms with Crippen LogP contribution in [0.15, 0.2) is 60.8 Å². The molecular weight excluding hydrogens is 798 g/mol. The maximum absolute atomic E-state index is 12.6. The maximum Gasteiger partial charge on any atom is 0.472 e. The second-order valence-corrected chi connectivity index (χ2v) is 17.3. The third-order valence-electron chi connectivity index (χ3n) is 8.91. The summed E-state index contributed by atoms with van der Waals surface area (Å²) in [4.78, 5) is 52.6. The molecule has 15 heteroatoms. The van der Waals surface area contributed by atoms with E-state index in [1.807, 2.05) is 12.2 Å². The standard InChI is InChI=1S/C44H78O13P2/c1-3-5-7-9-11-13-15-17-18-19-20-21-22-24-25-27-29-31-33-35-43(46)53-39-42(40-56-59(51,52)55-38-41(45)37-54-58(48,49)50)57-44(47)36-34-32-30-28-26-23-16-14-12-10-8-6-4-2/h11,13,17-18,20-21,24-25,29,31,41-42,45H,3-10,12,14-16,19,22-23,26-28,30,32-40H2,1-2H3,(H,51,52)(H2,48,49,50)/b13-11-,18-17-,21-20-,25-24-,31-29-/t41-,42+/m0/s1. The second-order valence-electron chi connectivity index (χ2n) is 14.6. The largest absolute Gasteiger partial charge is 0.472 e. The lowest BCUT2D eigenvalue weighted by Crippen LogP contribution is -2.29. The van der Waals surface area contributed by atoms with E-state index in [1.54, 1.807) is 0 Å². The molecule has 0 aromatic rings. The van der Waals surface area contributed by atoms with Gasteiger partial charge in [-0.15, -0.1) is 0 Å². The molecule has 0 radical (unpaired) electrons. The molecule has 0 amide bonds. The first-order valence-electron chi connectivity index (χ1n) is 22.0. The topological polar surface area (TPSA) is 195 Å². The van der Waals surface area contributed by atoms with Crippen molar-refractivity contribution in [2.45, 2.75) is 180 Å². The van der Waals surface area contributed by atoms with E-state index in [0.29, 0.717) is 12.8 Å². The number of unbranched alkanes of at least 4 members (excludes halogenated alkanes) is 15. The Kier molecular flexibility index (Phi) is 38.5. The summed E-state index contributed by atoms with van der Waals surface area (Å²) in [5, 5.41) is 9.74. The van der Waals surface area contributed by atoms with E-state index in [9.17, 15) is 28.7 Å². The molecule has 1 unspecified atom stereocenters. The monoisotopic (exact) mass is 876 g/mol. The number of hydrogen-bond acceptors (Lipinski definition) is 10. The molecule has 0 aliphatic carbocycles. The van der Waals surface area contributed by atoms with Crippen LogP contribution >= 0.6 is 15.6 Å². The molecule has 0 fully saturated rings. The van der Waals surface area contributed by atoms with Gasteiger partial charge in [-0.2, -0.15) is 0 Å². The van der Waals surface area contributed by atoms with Crippen LogP contribution in [0.3, 0.4) is 0 Å². The summed E-state index contributed by atoms with van der Waals surface area (Å²) in [6.07, 6.45) is 42.3. The number of phosphoric ester groups is 2. The molecule has 0 rings (SSSR count). The summed E-state index contributed by atoms with van der Waals surface area (Å²) in [6, 6.07) is 0. The number of ether oxygens (including phenoxy) is 2. The third-order valence-corrected chi connectivity index (χ3v) is 10.3. The number of phosphoric acid groups is 2. The summed E-state index contributed by atoms with van der Waals surface area (Å²) < 4.78 is 47.7. The van der Waals surface area contributed by atoms with Gasteiger partial charge in [-0.3, -0.25) is 23.2 Å². The van der Waals surface area contributed by atoms with Crippen molar-refractivity contribution in [3.8, 4) is 0 Å². The van der Waals surface area contributed by atoms with E-state index in [2.05, 4.69) is 71.5 Å². The van der Waals surface area contributed by atoms with Crippen molar-refractivity contribution in [2.24, 2.45) is 0 Å². The van der Waals surface area contributed by atoms with E-state index in [4.69, 9.17) is 23.8 Å². The summed E-state index contributed by atoms with van der Waals surface area (Å²) in [7, 11) is -9.69. The van der Waals surface area contributed by atoms with Crippen LogP contribution in [-0.4, -0.2) is 70.4 Å². The molecular formula is C44H78O13P2. The fourth-order valence-corrected chi connectivity index (χ4v) is 6.72. The van der Waals surface area contributed by atoms with Crippen LogP contribution in [0.4, 0.5) is 0 Å². The molecule has 3 atom stereocenters. The molecule has 0 bridgehead atoms. The van der Waals surface area contributed by atoms with Crippen molar-refractivity contribution in [1.29, 1.82) is 0 Å². The van der Waals surface area contributed by atoms with Crippen molar-refractivity contribution in [1.82, 2.24) is 0 Å². The van der Waals surface area contributed by atoms with Crippen molar-refractivity contribution < 1.29 is 61.6 Å². The highest BCUT2D eigenvalue weighted by Gasteiger charge is 2.28. The predicted molar refractivity (Wildman–Crippen MR) is 234 cm³/mol. The number of esters is 2. The minimum absolute atomic E-state index is 0.0712. The zero-order valence-corrected chi connectivity index (χ0v) is 37.9. The molecule has 0 spiro atoms. The summed E-state index contributed by atoms with van der Waals surface area (Å²) in [6.45, 7) is 1.65. The number of carbonyl (C=O) groups is 2. The van der Waals surface area contributed by atoms with Crippen LogP contribution in [0.1, 0.15) is 168 Å². The first-order chi connectivity index (χ1) is 28.4. The van der Waals surface area contributed by atoms with Crippen LogP contribution in [0.25, 0.3) is 0 Å². The smallest absolute Gasteiger partial charge is 0.462 e. The van der Waals surface area contributed by atoms with Gasteiger partial charge in [0, 0.05) is 12.8 Å². The lowest BCUT2D eigenvalue weighted by Gasteiger charge is -2.20. The lowest BCUT2D eigenvalue weighted by molar-refractivity contribution is -0.161. The van der Waals surface area contributed by atoms with E-state index in [1.165, 1.54) is 77.0 Å². The molecule has 59 heavy (non-hydrogen) atoms. The molecule has 0 heterocycles.